The van der Waals surface area contributed by atoms with Crippen molar-refractivity contribution in [3.05, 3.63) is 95.6 Å². The van der Waals surface area contributed by atoms with Crippen LogP contribution in [0.2, 0.25) is 0 Å². The topological polar surface area (TPSA) is 46.5 Å². The van der Waals surface area contributed by atoms with Gasteiger partial charge in [0.1, 0.15) is 12.4 Å². The molecule has 1 N–H and O–H groups in total. The number of allylic oxidation sites excluding steroid dienone is 3. The molecule has 3 atom stereocenters. The molecule has 1 saturated carbocycles. The molecule has 4 rings (SSSR count). The molecule has 0 heterocycles. The van der Waals surface area contributed by atoms with E-state index in [0.717, 1.165) is 47.3 Å². The molecule has 3 heteroatoms. The molecule has 0 aromatic heterocycles. The molecule has 2 aromatic rings. The molecule has 0 amide bonds. The van der Waals surface area contributed by atoms with Gasteiger partial charge >= 0.3 is 0 Å². The van der Waals surface area contributed by atoms with Crippen LogP contribution in [0.25, 0.3) is 6.08 Å². The van der Waals surface area contributed by atoms with Crippen molar-refractivity contribution < 1.29 is 14.6 Å². The lowest BCUT2D eigenvalue weighted by atomic mass is 9.55. The number of ether oxygens (including phenoxy) is 1. The van der Waals surface area contributed by atoms with Crippen molar-refractivity contribution in [2.45, 2.75) is 45.3 Å². The van der Waals surface area contributed by atoms with Gasteiger partial charge in [-0.25, -0.2) is 0 Å². The van der Waals surface area contributed by atoms with Gasteiger partial charge in [-0.1, -0.05) is 67.1 Å². The highest BCUT2D eigenvalue weighted by molar-refractivity contribution is 6.09. The van der Waals surface area contributed by atoms with Crippen molar-refractivity contribution in [2.75, 3.05) is 0 Å². The van der Waals surface area contributed by atoms with E-state index in [1.807, 2.05) is 66.7 Å². The summed E-state index contributed by atoms with van der Waals surface area (Å²) in [5, 5.41) is 11.0. The molecule has 160 valence electrons. The fourth-order valence-corrected chi connectivity index (χ4v) is 5.21. The van der Waals surface area contributed by atoms with Crippen molar-refractivity contribution >= 4 is 11.9 Å². The average molecular weight is 415 g/mol. The Kier molecular flexibility index (Phi) is 6.24. The highest BCUT2D eigenvalue weighted by Crippen LogP contribution is 2.54. The van der Waals surface area contributed by atoms with E-state index in [9.17, 15) is 9.90 Å². The fraction of sp³-hybridized carbons (Fsp3) is 0.321. The van der Waals surface area contributed by atoms with Gasteiger partial charge in [0.05, 0.1) is 6.10 Å². The molecular formula is C28H30O3. The SMILES string of the molecule is C=CC[C@@]12C(=CC(=O)/C(=C\c3ccccc3OCc3ccccc3)[C@@H]1C)CCC[C@@H]2O. The Balaban J connectivity index is 1.69. The Labute approximate surface area is 184 Å². The number of carbonyl (C=O) groups is 1. The fourth-order valence-electron chi connectivity index (χ4n) is 5.21. The molecule has 0 saturated heterocycles. The van der Waals surface area contributed by atoms with Gasteiger partial charge < -0.3 is 9.84 Å². The summed E-state index contributed by atoms with van der Waals surface area (Å²) in [5.74, 6) is 0.681. The van der Waals surface area contributed by atoms with E-state index in [1.54, 1.807) is 6.08 Å². The number of carbonyl (C=O) groups excluding carboxylic acids is 1. The van der Waals surface area contributed by atoms with Gasteiger partial charge in [0.2, 0.25) is 0 Å². The highest BCUT2D eigenvalue weighted by atomic mass is 16.5. The van der Waals surface area contributed by atoms with E-state index in [0.29, 0.717) is 13.0 Å². The molecule has 0 bridgehead atoms. The van der Waals surface area contributed by atoms with E-state index in [4.69, 9.17) is 4.74 Å². The van der Waals surface area contributed by atoms with E-state index in [1.165, 1.54) is 0 Å². The van der Waals surface area contributed by atoms with Crippen LogP contribution in [0.5, 0.6) is 5.75 Å². The minimum atomic E-state index is -0.471. The summed E-state index contributed by atoms with van der Waals surface area (Å²) >= 11 is 0. The standard InChI is InChI=1S/C28H30O3/c1-3-16-28-20(2)24(25(29)18-23(28)13-9-15-27(28)30)17-22-12-7-8-14-26(22)31-19-21-10-5-4-6-11-21/h3-8,10-12,14,17-18,20,27,30H,1,9,13,15-16,19H2,2H3/b24-17-/t20-,27-,28-/m0/s1. The quantitative estimate of drug-likeness (QED) is 0.473. The summed E-state index contributed by atoms with van der Waals surface area (Å²) in [6, 6.07) is 17.8. The molecule has 0 unspecified atom stereocenters. The zero-order chi connectivity index (χ0) is 21.8. The van der Waals surface area contributed by atoms with Crippen LogP contribution in [0.1, 0.15) is 43.7 Å². The molecule has 0 radical (unpaired) electrons. The van der Waals surface area contributed by atoms with Crippen molar-refractivity contribution in [2.24, 2.45) is 11.3 Å². The summed E-state index contributed by atoms with van der Waals surface area (Å²) in [7, 11) is 0. The Bertz CT molecular complexity index is 1020. The second kappa shape index (κ2) is 9.07. The predicted octanol–water partition coefficient (Wildman–Crippen LogP) is 5.90. The van der Waals surface area contributed by atoms with Gasteiger partial charge in [-0.2, -0.15) is 0 Å². The summed E-state index contributed by atoms with van der Waals surface area (Å²) < 4.78 is 6.10. The van der Waals surface area contributed by atoms with Gasteiger partial charge in [0.25, 0.3) is 0 Å². The van der Waals surface area contributed by atoms with E-state index in [2.05, 4.69) is 13.5 Å². The minimum absolute atomic E-state index is 0.0362. The Morgan fingerprint density at radius 2 is 1.90 bits per heavy atom. The number of aliphatic hydroxyl groups is 1. The number of hydrogen-bond donors (Lipinski definition) is 1. The number of hydrogen-bond acceptors (Lipinski definition) is 3. The van der Waals surface area contributed by atoms with Crippen molar-refractivity contribution in [3.8, 4) is 5.75 Å². The molecule has 2 aliphatic carbocycles. The van der Waals surface area contributed by atoms with Gasteiger partial charge in [0, 0.05) is 16.6 Å². The van der Waals surface area contributed by atoms with Gasteiger partial charge in [-0.3, -0.25) is 4.79 Å². The van der Waals surface area contributed by atoms with E-state index < -0.39 is 11.5 Å². The monoisotopic (exact) mass is 414 g/mol. The minimum Gasteiger partial charge on any atom is -0.488 e. The van der Waals surface area contributed by atoms with Crippen LogP contribution < -0.4 is 4.74 Å². The third-order valence-electron chi connectivity index (χ3n) is 6.89. The summed E-state index contributed by atoms with van der Waals surface area (Å²) in [5.41, 5.74) is 3.33. The van der Waals surface area contributed by atoms with Crippen LogP contribution >= 0.6 is 0 Å². The summed E-state index contributed by atoms with van der Waals surface area (Å²) in [4.78, 5) is 13.1. The largest absolute Gasteiger partial charge is 0.488 e. The first kappa shape index (κ1) is 21.3. The third-order valence-corrected chi connectivity index (χ3v) is 6.89. The molecule has 2 aromatic carbocycles. The first-order chi connectivity index (χ1) is 15.1. The molecular weight excluding hydrogens is 384 g/mol. The lowest BCUT2D eigenvalue weighted by molar-refractivity contribution is -0.113. The maximum atomic E-state index is 13.1. The molecule has 0 spiro atoms. The van der Waals surface area contributed by atoms with Crippen LogP contribution in [0.4, 0.5) is 0 Å². The molecule has 0 aliphatic heterocycles. The maximum absolute atomic E-state index is 13.1. The lowest BCUT2D eigenvalue weighted by Crippen LogP contribution is -2.48. The smallest absolute Gasteiger partial charge is 0.182 e. The summed E-state index contributed by atoms with van der Waals surface area (Å²) in [6.07, 6.45) is 8.33. The average Bonchev–Trinajstić information content (AvgIpc) is 2.78. The Morgan fingerprint density at radius 1 is 1.16 bits per heavy atom. The van der Waals surface area contributed by atoms with Gasteiger partial charge in [-0.05, 0) is 55.4 Å². The number of benzene rings is 2. The normalized spacial score (nSPS) is 26.8. The third kappa shape index (κ3) is 4.03. The van der Waals surface area contributed by atoms with Crippen LogP contribution in [0, 0.1) is 11.3 Å². The first-order valence-electron chi connectivity index (χ1n) is 11.1. The number of rotatable bonds is 6. The second-order valence-electron chi connectivity index (χ2n) is 8.61. The van der Waals surface area contributed by atoms with E-state index in [-0.39, 0.29) is 11.7 Å². The number of aliphatic hydroxyl groups excluding tert-OH is 1. The maximum Gasteiger partial charge on any atom is 0.182 e. The van der Waals surface area contributed by atoms with Gasteiger partial charge in [0.15, 0.2) is 5.78 Å². The molecule has 31 heavy (non-hydrogen) atoms. The first-order valence-corrected chi connectivity index (χ1v) is 11.1. The Hall–Kier alpha value is -2.91. The predicted molar refractivity (Wildman–Crippen MR) is 125 cm³/mol. The number of ketones is 1. The van der Waals surface area contributed by atoms with Crippen molar-refractivity contribution in [1.82, 2.24) is 0 Å². The van der Waals surface area contributed by atoms with Crippen LogP contribution in [-0.2, 0) is 11.4 Å². The van der Waals surface area contributed by atoms with E-state index >= 15 is 0 Å². The van der Waals surface area contributed by atoms with Crippen molar-refractivity contribution in [3.63, 3.8) is 0 Å². The molecule has 1 fully saturated rings. The zero-order valence-corrected chi connectivity index (χ0v) is 18.1. The van der Waals surface area contributed by atoms with Crippen LogP contribution in [-0.4, -0.2) is 17.0 Å². The highest BCUT2D eigenvalue weighted by Gasteiger charge is 2.51. The number of para-hydroxylation sites is 1. The molecule has 2 aliphatic rings. The second-order valence-corrected chi connectivity index (χ2v) is 8.61. The number of fused-ring (bicyclic) bond motifs is 1. The summed E-state index contributed by atoms with van der Waals surface area (Å²) in [6.45, 7) is 6.48. The Morgan fingerprint density at radius 3 is 2.68 bits per heavy atom. The lowest BCUT2D eigenvalue weighted by Gasteiger charge is -2.50. The van der Waals surface area contributed by atoms with Crippen molar-refractivity contribution in [1.29, 1.82) is 0 Å². The van der Waals surface area contributed by atoms with Gasteiger partial charge in [-0.15, -0.1) is 6.58 Å². The molecule has 3 nitrogen and oxygen atoms in total. The van der Waals surface area contributed by atoms with Crippen LogP contribution in [0.15, 0.2) is 84.5 Å². The zero-order valence-electron chi connectivity index (χ0n) is 18.1. The van der Waals surface area contributed by atoms with Crippen LogP contribution in [0.3, 0.4) is 0 Å².